The van der Waals surface area contributed by atoms with Gasteiger partial charge in [0.05, 0.1) is 6.10 Å². The van der Waals surface area contributed by atoms with Crippen LogP contribution in [0.5, 0.6) is 0 Å². The van der Waals surface area contributed by atoms with E-state index in [1.807, 2.05) is 7.05 Å². The van der Waals surface area contributed by atoms with Crippen molar-refractivity contribution in [2.45, 2.75) is 45.8 Å². The minimum absolute atomic E-state index is 0.140. The first-order valence-electron chi connectivity index (χ1n) is 5.30. The Labute approximate surface area is 80.7 Å². The summed E-state index contributed by atoms with van der Waals surface area (Å²) < 4.78 is 0. The van der Waals surface area contributed by atoms with Gasteiger partial charge in [0.2, 0.25) is 0 Å². The van der Waals surface area contributed by atoms with Gasteiger partial charge in [-0.25, -0.2) is 0 Å². The zero-order chi connectivity index (χ0) is 9.85. The van der Waals surface area contributed by atoms with E-state index in [1.165, 1.54) is 12.8 Å². The molecule has 2 fully saturated rings. The maximum absolute atomic E-state index is 10.1. The van der Waals surface area contributed by atoms with E-state index < -0.39 is 0 Å². The fourth-order valence-electron chi connectivity index (χ4n) is 3.81. The van der Waals surface area contributed by atoms with Crippen LogP contribution in [-0.2, 0) is 0 Å². The second-order valence-corrected chi connectivity index (χ2v) is 5.54. The lowest BCUT2D eigenvalue weighted by Crippen LogP contribution is -2.48. The van der Waals surface area contributed by atoms with Crippen molar-refractivity contribution < 1.29 is 5.11 Å². The molecule has 13 heavy (non-hydrogen) atoms. The van der Waals surface area contributed by atoms with Crippen LogP contribution in [0.25, 0.3) is 0 Å². The molecule has 0 amide bonds. The molecule has 0 aromatic heterocycles. The summed E-state index contributed by atoms with van der Waals surface area (Å²) >= 11 is 0. The molecule has 0 aromatic carbocycles. The Morgan fingerprint density at radius 3 is 2.23 bits per heavy atom. The highest BCUT2D eigenvalue weighted by molar-refractivity contribution is 5.17. The third-order valence-corrected chi connectivity index (χ3v) is 5.12. The lowest BCUT2D eigenvalue weighted by Gasteiger charge is -2.39. The molecule has 0 heterocycles. The summed E-state index contributed by atoms with van der Waals surface area (Å²) in [6.45, 7) is 6.95. The number of hydrogen-bond donors (Lipinski definition) is 2. The van der Waals surface area contributed by atoms with Gasteiger partial charge in [0.25, 0.3) is 0 Å². The summed E-state index contributed by atoms with van der Waals surface area (Å²) in [6, 6.07) is 0.293. The topological polar surface area (TPSA) is 32.3 Å². The highest BCUT2D eigenvalue weighted by atomic mass is 16.3. The Balaban J connectivity index is 2.40. The Kier molecular flexibility index (Phi) is 1.81. The number of aliphatic hydroxyl groups is 1. The second kappa shape index (κ2) is 2.48. The lowest BCUT2D eigenvalue weighted by atomic mass is 9.69. The van der Waals surface area contributed by atoms with Crippen LogP contribution in [0.2, 0.25) is 0 Å². The molecule has 0 spiro atoms. The second-order valence-electron chi connectivity index (χ2n) is 5.54. The van der Waals surface area contributed by atoms with E-state index in [0.29, 0.717) is 17.4 Å². The molecular weight excluding hydrogens is 162 g/mol. The van der Waals surface area contributed by atoms with Crippen LogP contribution in [0.1, 0.15) is 33.6 Å². The van der Waals surface area contributed by atoms with Gasteiger partial charge in [0.1, 0.15) is 0 Å². The number of nitrogens with one attached hydrogen (secondary N) is 1. The van der Waals surface area contributed by atoms with Crippen LogP contribution < -0.4 is 5.32 Å². The van der Waals surface area contributed by atoms with E-state index in [1.54, 1.807) is 0 Å². The minimum atomic E-state index is -0.140. The largest absolute Gasteiger partial charge is 0.391 e. The van der Waals surface area contributed by atoms with Crippen LogP contribution in [0.3, 0.4) is 0 Å². The molecule has 2 rings (SSSR count). The number of fused-ring (bicyclic) bond motifs is 2. The molecule has 2 aliphatic rings. The fraction of sp³-hybridized carbons (Fsp3) is 1.00. The summed E-state index contributed by atoms with van der Waals surface area (Å²) in [5.41, 5.74) is 0.575. The summed E-state index contributed by atoms with van der Waals surface area (Å²) in [6.07, 6.45) is 2.31. The molecule has 2 bridgehead atoms. The molecule has 0 aromatic rings. The van der Waals surface area contributed by atoms with Crippen molar-refractivity contribution >= 4 is 0 Å². The van der Waals surface area contributed by atoms with E-state index in [9.17, 15) is 5.11 Å². The maximum atomic E-state index is 10.1. The summed E-state index contributed by atoms with van der Waals surface area (Å²) in [5, 5.41) is 13.4. The van der Waals surface area contributed by atoms with Gasteiger partial charge in [0, 0.05) is 6.04 Å². The minimum Gasteiger partial charge on any atom is -0.391 e. The SMILES string of the molecule is CNC1C(O)C2CCC1(C)C2(C)C. The Morgan fingerprint density at radius 2 is 1.92 bits per heavy atom. The molecule has 2 nitrogen and oxygen atoms in total. The Bertz CT molecular complexity index is 226. The van der Waals surface area contributed by atoms with Gasteiger partial charge in [-0.2, -0.15) is 0 Å². The average Bonchev–Trinajstić information content (AvgIpc) is 2.32. The summed E-state index contributed by atoms with van der Waals surface area (Å²) in [5.74, 6) is 0.495. The predicted octanol–water partition coefficient (Wildman–Crippen LogP) is 1.39. The van der Waals surface area contributed by atoms with E-state index in [-0.39, 0.29) is 11.5 Å². The van der Waals surface area contributed by atoms with Gasteiger partial charge in [-0.05, 0) is 36.6 Å². The van der Waals surface area contributed by atoms with Gasteiger partial charge >= 0.3 is 0 Å². The van der Waals surface area contributed by atoms with Crippen molar-refractivity contribution in [3.63, 3.8) is 0 Å². The maximum Gasteiger partial charge on any atom is 0.0732 e. The van der Waals surface area contributed by atoms with E-state index in [4.69, 9.17) is 0 Å². The molecule has 0 radical (unpaired) electrons. The van der Waals surface area contributed by atoms with Crippen LogP contribution in [0.15, 0.2) is 0 Å². The molecule has 2 N–H and O–H groups in total. The third kappa shape index (κ3) is 0.861. The first kappa shape index (κ1) is 9.47. The average molecular weight is 183 g/mol. The third-order valence-electron chi connectivity index (χ3n) is 5.12. The molecular formula is C11H21NO. The molecule has 0 aliphatic heterocycles. The monoisotopic (exact) mass is 183 g/mol. The highest BCUT2D eigenvalue weighted by Crippen LogP contribution is 2.65. The van der Waals surface area contributed by atoms with Crippen molar-refractivity contribution in [3.8, 4) is 0 Å². The van der Waals surface area contributed by atoms with Crippen molar-refractivity contribution in [1.82, 2.24) is 5.32 Å². The summed E-state index contributed by atoms with van der Waals surface area (Å²) in [7, 11) is 1.97. The standard InChI is InChI=1S/C11H21NO/c1-10(2)7-5-6-11(10,3)9(12-4)8(7)13/h7-9,12-13H,5-6H2,1-4H3. The zero-order valence-electron chi connectivity index (χ0n) is 9.09. The normalized spacial score (nSPS) is 52.8. The number of likely N-dealkylation sites (N-methyl/N-ethyl adjacent to an activating group) is 1. The van der Waals surface area contributed by atoms with Gasteiger partial charge in [-0.15, -0.1) is 0 Å². The van der Waals surface area contributed by atoms with Crippen LogP contribution in [0, 0.1) is 16.7 Å². The van der Waals surface area contributed by atoms with Crippen molar-refractivity contribution in [3.05, 3.63) is 0 Å². The lowest BCUT2D eigenvalue weighted by molar-refractivity contribution is 0.0618. The van der Waals surface area contributed by atoms with Gasteiger partial charge in [0.15, 0.2) is 0 Å². The molecule has 2 heteroatoms. The Morgan fingerprint density at radius 1 is 1.31 bits per heavy atom. The molecule has 4 atom stereocenters. The van der Waals surface area contributed by atoms with E-state index in [2.05, 4.69) is 26.1 Å². The predicted molar refractivity (Wildman–Crippen MR) is 53.5 cm³/mol. The van der Waals surface area contributed by atoms with Gasteiger partial charge in [-0.3, -0.25) is 0 Å². The van der Waals surface area contributed by atoms with Crippen LogP contribution in [0.4, 0.5) is 0 Å². The van der Waals surface area contributed by atoms with Gasteiger partial charge in [-0.1, -0.05) is 20.8 Å². The quantitative estimate of drug-likeness (QED) is 0.644. The number of aliphatic hydroxyl groups excluding tert-OH is 1. The van der Waals surface area contributed by atoms with Crippen LogP contribution in [-0.4, -0.2) is 24.3 Å². The van der Waals surface area contributed by atoms with Crippen molar-refractivity contribution in [2.75, 3.05) is 7.05 Å². The van der Waals surface area contributed by atoms with Crippen molar-refractivity contribution in [2.24, 2.45) is 16.7 Å². The zero-order valence-corrected chi connectivity index (χ0v) is 9.09. The molecule has 2 saturated carbocycles. The molecule has 4 unspecified atom stereocenters. The fourth-order valence-corrected chi connectivity index (χ4v) is 3.81. The number of hydrogen-bond acceptors (Lipinski definition) is 2. The summed E-state index contributed by atoms with van der Waals surface area (Å²) in [4.78, 5) is 0. The van der Waals surface area contributed by atoms with E-state index in [0.717, 1.165) is 0 Å². The highest BCUT2D eigenvalue weighted by Gasteiger charge is 2.65. The Hall–Kier alpha value is -0.0800. The van der Waals surface area contributed by atoms with Gasteiger partial charge < -0.3 is 10.4 Å². The van der Waals surface area contributed by atoms with Crippen LogP contribution >= 0.6 is 0 Å². The smallest absolute Gasteiger partial charge is 0.0732 e. The first-order chi connectivity index (χ1) is 5.95. The first-order valence-corrected chi connectivity index (χ1v) is 5.30. The van der Waals surface area contributed by atoms with E-state index >= 15 is 0 Å². The molecule has 0 saturated heterocycles. The molecule has 2 aliphatic carbocycles. The number of rotatable bonds is 1. The van der Waals surface area contributed by atoms with Crippen molar-refractivity contribution in [1.29, 1.82) is 0 Å². The molecule has 76 valence electrons.